The molecule has 0 aromatic carbocycles. The van der Waals surface area contributed by atoms with Gasteiger partial charge in [-0.05, 0) is 37.3 Å². The molecule has 2 rings (SSSR count). The largest absolute Gasteiger partial charge is 0.315 e. The molecule has 1 aromatic rings. The van der Waals surface area contributed by atoms with Gasteiger partial charge in [0.2, 0.25) is 0 Å². The van der Waals surface area contributed by atoms with Gasteiger partial charge in [-0.15, -0.1) is 0 Å². The minimum atomic E-state index is 0.911. The van der Waals surface area contributed by atoms with Crippen molar-refractivity contribution in [2.75, 3.05) is 13.1 Å². The second-order valence-electron chi connectivity index (χ2n) is 5.10. The van der Waals surface area contributed by atoms with Crippen molar-refractivity contribution in [3.63, 3.8) is 0 Å². The van der Waals surface area contributed by atoms with Crippen LogP contribution in [0.3, 0.4) is 0 Å². The highest BCUT2D eigenvalue weighted by Gasteiger charge is 2.17. The van der Waals surface area contributed by atoms with Crippen LogP contribution in [0, 0.1) is 11.8 Å². The van der Waals surface area contributed by atoms with Crippen LogP contribution in [-0.4, -0.2) is 22.9 Å². The molecule has 1 aromatic heterocycles. The summed E-state index contributed by atoms with van der Waals surface area (Å²) in [5, 5.41) is 7.73. The molecule has 1 saturated carbocycles. The van der Waals surface area contributed by atoms with E-state index >= 15 is 0 Å². The van der Waals surface area contributed by atoms with Crippen molar-refractivity contribution in [2.45, 2.75) is 39.2 Å². The van der Waals surface area contributed by atoms with Crippen LogP contribution in [0.2, 0.25) is 0 Å². The Labute approximate surface area is 98.2 Å². The maximum absolute atomic E-state index is 4.19. The maximum Gasteiger partial charge on any atom is 0.0533 e. The molecule has 3 nitrogen and oxygen atoms in total. The van der Waals surface area contributed by atoms with Gasteiger partial charge in [0.1, 0.15) is 0 Å². The zero-order chi connectivity index (χ0) is 11.2. The predicted octanol–water partition coefficient (Wildman–Crippen LogP) is 2.30. The third-order valence-electron chi connectivity index (χ3n) is 3.65. The molecular formula is C13H23N3. The Morgan fingerprint density at radius 1 is 1.31 bits per heavy atom. The van der Waals surface area contributed by atoms with E-state index in [9.17, 15) is 0 Å². The minimum absolute atomic E-state index is 0.911. The van der Waals surface area contributed by atoms with E-state index in [-0.39, 0.29) is 0 Å². The molecule has 16 heavy (non-hydrogen) atoms. The summed E-state index contributed by atoms with van der Waals surface area (Å²) < 4.78 is 1.98. The first-order valence-electron chi connectivity index (χ1n) is 6.52. The Morgan fingerprint density at radius 2 is 2.12 bits per heavy atom. The molecule has 1 N–H and O–H groups in total. The van der Waals surface area contributed by atoms with E-state index in [4.69, 9.17) is 0 Å². The van der Waals surface area contributed by atoms with E-state index in [1.54, 1.807) is 0 Å². The van der Waals surface area contributed by atoms with Gasteiger partial charge in [-0.25, -0.2) is 0 Å². The Balaban J connectivity index is 1.55. The molecule has 0 radical (unpaired) electrons. The fourth-order valence-corrected chi connectivity index (χ4v) is 2.47. The van der Waals surface area contributed by atoms with Crippen molar-refractivity contribution in [3.8, 4) is 0 Å². The van der Waals surface area contributed by atoms with E-state index in [0.717, 1.165) is 24.9 Å². The Morgan fingerprint density at radius 3 is 2.81 bits per heavy atom. The first-order valence-corrected chi connectivity index (χ1v) is 6.52. The van der Waals surface area contributed by atoms with Gasteiger partial charge in [-0.3, -0.25) is 4.68 Å². The van der Waals surface area contributed by atoms with Crippen molar-refractivity contribution < 1.29 is 0 Å². The predicted molar refractivity (Wildman–Crippen MR) is 66.2 cm³/mol. The van der Waals surface area contributed by atoms with Crippen LogP contribution in [-0.2, 0) is 6.54 Å². The summed E-state index contributed by atoms with van der Waals surface area (Å²) in [6.07, 6.45) is 9.52. The first kappa shape index (κ1) is 11.6. The van der Waals surface area contributed by atoms with Crippen LogP contribution < -0.4 is 5.32 Å². The molecule has 0 bridgehead atoms. The van der Waals surface area contributed by atoms with Crippen molar-refractivity contribution in [1.82, 2.24) is 15.1 Å². The molecule has 0 saturated heterocycles. The van der Waals surface area contributed by atoms with Crippen LogP contribution in [0.1, 0.15) is 32.6 Å². The summed E-state index contributed by atoms with van der Waals surface area (Å²) >= 11 is 0. The van der Waals surface area contributed by atoms with Gasteiger partial charge >= 0.3 is 0 Å². The average molecular weight is 221 g/mol. The lowest BCUT2D eigenvalue weighted by Gasteiger charge is -2.26. The van der Waals surface area contributed by atoms with Crippen LogP contribution >= 0.6 is 0 Å². The van der Waals surface area contributed by atoms with Crippen LogP contribution in [0.25, 0.3) is 0 Å². The quantitative estimate of drug-likeness (QED) is 0.773. The van der Waals surface area contributed by atoms with Gasteiger partial charge < -0.3 is 5.32 Å². The molecular weight excluding hydrogens is 198 g/mol. The second-order valence-corrected chi connectivity index (χ2v) is 5.10. The van der Waals surface area contributed by atoms with Gasteiger partial charge in [-0.2, -0.15) is 5.10 Å². The van der Waals surface area contributed by atoms with E-state index in [2.05, 4.69) is 17.3 Å². The lowest BCUT2D eigenvalue weighted by atomic mass is 9.83. The molecule has 1 aliphatic carbocycles. The Hall–Kier alpha value is -0.830. The summed E-state index contributed by atoms with van der Waals surface area (Å²) in [6, 6.07) is 1.97. The topological polar surface area (TPSA) is 29.9 Å². The Kier molecular flexibility index (Phi) is 4.40. The number of aromatic nitrogens is 2. The lowest BCUT2D eigenvalue weighted by Crippen LogP contribution is -2.28. The highest BCUT2D eigenvalue weighted by Crippen LogP contribution is 2.27. The molecule has 0 spiro atoms. The summed E-state index contributed by atoms with van der Waals surface area (Å²) in [5.74, 6) is 1.87. The fourth-order valence-electron chi connectivity index (χ4n) is 2.47. The third-order valence-corrected chi connectivity index (χ3v) is 3.65. The fraction of sp³-hybridized carbons (Fsp3) is 0.769. The molecule has 0 aliphatic heterocycles. The van der Waals surface area contributed by atoms with Gasteiger partial charge in [0.05, 0.1) is 6.54 Å². The number of nitrogens with one attached hydrogen (secondary N) is 1. The molecule has 0 unspecified atom stereocenters. The summed E-state index contributed by atoms with van der Waals surface area (Å²) in [6.45, 7) is 5.58. The third kappa shape index (κ3) is 3.63. The van der Waals surface area contributed by atoms with Crippen molar-refractivity contribution in [3.05, 3.63) is 18.5 Å². The Bertz CT molecular complexity index is 273. The molecule has 0 atom stereocenters. The van der Waals surface area contributed by atoms with Crippen LogP contribution in [0.5, 0.6) is 0 Å². The zero-order valence-electron chi connectivity index (χ0n) is 10.2. The highest BCUT2D eigenvalue weighted by molar-refractivity contribution is 4.78. The van der Waals surface area contributed by atoms with Gasteiger partial charge in [0.15, 0.2) is 0 Å². The number of rotatable bonds is 5. The summed E-state index contributed by atoms with van der Waals surface area (Å²) in [7, 11) is 0. The number of hydrogen-bond donors (Lipinski definition) is 1. The van der Waals surface area contributed by atoms with Gasteiger partial charge in [0, 0.05) is 18.9 Å². The smallest absolute Gasteiger partial charge is 0.0533 e. The van der Waals surface area contributed by atoms with Crippen molar-refractivity contribution >= 4 is 0 Å². The summed E-state index contributed by atoms with van der Waals surface area (Å²) in [5.41, 5.74) is 0. The minimum Gasteiger partial charge on any atom is -0.315 e. The SMILES string of the molecule is CC1CCC(CNCCn2cccn2)CC1. The average Bonchev–Trinajstić information content (AvgIpc) is 2.80. The van der Waals surface area contributed by atoms with Crippen molar-refractivity contribution in [1.29, 1.82) is 0 Å². The van der Waals surface area contributed by atoms with E-state index in [0.29, 0.717) is 0 Å². The number of nitrogens with zero attached hydrogens (tertiary/aromatic N) is 2. The normalized spacial score (nSPS) is 25.8. The summed E-state index contributed by atoms with van der Waals surface area (Å²) in [4.78, 5) is 0. The molecule has 90 valence electrons. The molecule has 1 aliphatic rings. The highest BCUT2D eigenvalue weighted by atomic mass is 15.3. The van der Waals surface area contributed by atoms with E-state index < -0.39 is 0 Å². The first-order chi connectivity index (χ1) is 7.84. The van der Waals surface area contributed by atoms with E-state index in [1.165, 1.54) is 32.2 Å². The lowest BCUT2D eigenvalue weighted by molar-refractivity contribution is 0.281. The van der Waals surface area contributed by atoms with E-state index in [1.807, 2.05) is 23.1 Å². The molecule has 3 heteroatoms. The van der Waals surface area contributed by atoms with Crippen molar-refractivity contribution in [2.24, 2.45) is 11.8 Å². The van der Waals surface area contributed by atoms with Crippen LogP contribution in [0.15, 0.2) is 18.5 Å². The molecule has 1 heterocycles. The van der Waals surface area contributed by atoms with Crippen LogP contribution in [0.4, 0.5) is 0 Å². The second kappa shape index (κ2) is 6.04. The monoisotopic (exact) mass is 221 g/mol. The van der Waals surface area contributed by atoms with Gasteiger partial charge in [0.25, 0.3) is 0 Å². The molecule has 1 fully saturated rings. The number of hydrogen-bond acceptors (Lipinski definition) is 2. The van der Waals surface area contributed by atoms with Gasteiger partial charge in [-0.1, -0.05) is 19.8 Å². The standard InChI is InChI=1S/C13H23N3/c1-12-3-5-13(6-4-12)11-14-8-10-16-9-2-7-15-16/h2,7,9,12-14H,3-6,8,10-11H2,1H3. The molecule has 0 amide bonds. The maximum atomic E-state index is 4.19. The zero-order valence-corrected chi connectivity index (χ0v) is 10.2.